The number of carbonyl (C=O) groups is 1. The quantitative estimate of drug-likeness (QED) is 0.611. The molecule has 1 aliphatic carbocycles. The summed E-state index contributed by atoms with van der Waals surface area (Å²) >= 11 is 0. The zero-order chi connectivity index (χ0) is 8.27. The average molecular weight is 154 g/mol. The first-order valence-corrected chi connectivity index (χ1v) is 4.70. The van der Waals surface area contributed by atoms with Gasteiger partial charge in [-0.05, 0) is 24.7 Å². The highest BCUT2D eigenvalue weighted by Gasteiger charge is 2.21. The van der Waals surface area contributed by atoms with E-state index >= 15 is 0 Å². The van der Waals surface area contributed by atoms with Crippen molar-refractivity contribution >= 4 is 5.78 Å². The van der Waals surface area contributed by atoms with E-state index in [1.54, 1.807) is 0 Å². The monoisotopic (exact) mass is 154 g/mol. The summed E-state index contributed by atoms with van der Waals surface area (Å²) in [7, 11) is 0. The van der Waals surface area contributed by atoms with Crippen LogP contribution in [0.15, 0.2) is 0 Å². The molecule has 0 amide bonds. The molecule has 1 aliphatic rings. The fourth-order valence-corrected chi connectivity index (χ4v) is 1.71. The molecule has 0 spiro atoms. The molecule has 0 saturated heterocycles. The van der Waals surface area contributed by atoms with Crippen molar-refractivity contribution in [1.29, 1.82) is 0 Å². The van der Waals surface area contributed by atoms with Gasteiger partial charge in [-0.1, -0.05) is 20.3 Å². The van der Waals surface area contributed by atoms with Crippen LogP contribution in [0.3, 0.4) is 0 Å². The largest absolute Gasteiger partial charge is 0.300 e. The van der Waals surface area contributed by atoms with Gasteiger partial charge in [0.2, 0.25) is 0 Å². The Hall–Kier alpha value is -0.330. The van der Waals surface area contributed by atoms with Crippen molar-refractivity contribution in [2.45, 2.75) is 46.0 Å². The Kier molecular flexibility index (Phi) is 3.10. The maximum atomic E-state index is 10.9. The molecule has 0 N–H and O–H groups in total. The third kappa shape index (κ3) is 3.04. The molecular weight excluding hydrogens is 136 g/mol. The van der Waals surface area contributed by atoms with Crippen molar-refractivity contribution in [3.63, 3.8) is 0 Å². The highest BCUT2D eigenvalue weighted by Crippen LogP contribution is 2.27. The number of hydrogen-bond acceptors (Lipinski definition) is 1. The van der Waals surface area contributed by atoms with E-state index in [-0.39, 0.29) is 0 Å². The van der Waals surface area contributed by atoms with Gasteiger partial charge in [-0.15, -0.1) is 0 Å². The Morgan fingerprint density at radius 2 is 2.27 bits per heavy atom. The molecule has 0 bridgehead atoms. The second-order valence-corrected chi connectivity index (χ2v) is 4.12. The van der Waals surface area contributed by atoms with Crippen molar-refractivity contribution in [2.24, 2.45) is 11.8 Å². The Morgan fingerprint density at radius 1 is 1.55 bits per heavy atom. The van der Waals surface area contributed by atoms with Crippen LogP contribution in [0, 0.1) is 11.8 Å². The van der Waals surface area contributed by atoms with Crippen LogP contribution in [-0.4, -0.2) is 5.78 Å². The van der Waals surface area contributed by atoms with Crippen LogP contribution in [0.1, 0.15) is 46.0 Å². The van der Waals surface area contributed by atoms with Crippen molar-refractivity contribution in [3.05, 3.63) is 0 Å². The zero-order valence-corrected chi connectivity index (χ0v) is 7.60. The first-order valence-electron chi connectivity index (χ1n) is 4.70. The molecule has 1 nitrogen and oxygen atoms in total. The molecule has 0 unspecified atom stereocenters. The van der Waals surface area contributed by atoms with Gasteiger partial charge in [0.25, 0.3) is 0 Å². The maximum absolute atomic E-state index is 10.9. The van der Waals surface area contributed by atoms with E-state index < -0.39 is 0 Å². The predicted octanol–water partition coefficient (Wildman–Crippen LogP) is 2.79. The second kappa shape index (κ2) is 3.89. The van der Waals surface area contributed by atoms with Crippen LogP contribution in [-0.2, 0) is 4.79 Å². The summed E-state index contributed by atoms with van der Waals surface area (Å²) in [5, 5.41) is 0. The van der Waals surface area contributed by atoms with Crippen molar-refractivity contribution in [1.82, 2.24) is 0 Å². The number of rotatable bonds is 3. The van der Waals surface area contributed by atoms with Crippen LogP contribution < -0.4 is 0 Å². The lowest BCUT2D eigenvalue weighted by Crippen LogP contribution is -1.98. The van der Waals surface area contributed by atoms with Crippen molar-refractivity contribution < 1.29 is 4.79 Å². The molecule has 0 aromatic heterocycles. The van der Waals surface area contributed by atoms with Gasteiger partial charge in [0.1, 0.15) is 5.78 Å². The van der Waals surface area contributed by atoms with E-state index in [1.807, 2.05) is 0 Å². The number of carbonyl (C=O) groups excluding carboxylic acids is 1. The minimum absolute atomic E-state index is 0.485. The number of hydrogen-bond donors (Lipinski definition) is 0. The van der Waals surface area contributed by atoms with Gasteiger partial charge in [-0.2, -0.15) is 0 Å². The molecular formula is C10H18O. The molecule has 1 saturated carbocycles. The molecule has 11 heavy (non-hydrogen) atoms. The first kappa shape index (κ1) is 8.76. The maximum Gasteiger partial charge on any atom is 0.133 e. The van der Waals surface area contributed by atoms with Gasteiger partial charge < -0.3 is 0 Å². The minimum Gasteiger partial charge on any atom is -0.300 e. The standard InChI is InChI=1S/C10H18O/c1-8(2)3-4-9-5-6-10(11)7-9/h8-9H,3-7H2,1-2H3/t9-/m1/s1. The van der Waals surface area contributed by atoms with Gasteiger partial charge in [0.15, 0.2) is 0 Å². The highest BCUT2D eigenvalue weighted by atomic mass is 16.1. The summed E-state index contributed by atoms with van der Waals surface area (Å²) in [5.41, 5.74) is 0. The van der Waals surface area contributed by atoms with E-state index in [2.05, 4.69) is 13.8 Å². The van der Waals surface area contributed by atoms with Crippen LogP contribution >= 0.6 is 0 Å². The smallest absolute Gasteiger partial charge is 0.133 e. The summed E-state index contributed by atoms with van der Waals surface area (Å²) in [5.74, 6) is 2.01. The zero-order valence-electron chi connectivity index (χ0n) is 7.60. The Labute approximate surface area is 69.2 Å². The molecule has 0 radical (unpaired) electrons. The third-order valence-electron chi connectivity index (χ3n) is 2.50. The lowest BCUT2D eigenvalue weighted by atomic mass is 9.97. The summed E-state index contributed by atoms with van der Waals surface area (Å²) in [4.78, 5) is 10.9. The Balaban J connectivity index is 2.13. The molecule has 0 aromatic carbocycles. The average Bonchev–Trinajstić information content (AvgIpc) is 2.31. The molecule has 0 aromatic rings. The van der Waals surface area contributed by atoms with Gasteiger partial charge in [-0.25, -0.2) is 0 Å². The van der Waals surface area contributed by atoms with E-state index in [0.717, 1.165) is 31.1 Å². The summed E-state index contributed by atoms with van der Waals surface area (Å²) in [6, 6.07) is 0. The number of ketones is 1. The fourth-order valence-electron chi connectivity index (χ4n) is 1.71. The Bertz CT molecular complexity index is 138. The summed E-state index contributed by atoms with van der Waals surface area (Å²) in [6.45, 7) is 4.49. The molecule has 0 aliphatic heterocycles. The van der Waals surface area contributed by atoms with E-state index in [1.165, 1.54) is 12.8 Å². The van der Waals surface area contributed by atoms with Gasteiger partial charge in [0.05, 0.1) is 0 Å². The van der Waals surface area contributed by atoms with Crippen molar-refractivity contribution in [2.75, 3.05) is 0 Å². The SMILES string of the molecule is CC(C)CC[C@@H]1CCC(=O)C1. The van der Waals surface area contributed by atoms with E-state index in [0.29, 0.717) is 5.78 Å². The van der Waals surface area contributed by atoms with Crippen LogP contribution in [0.4, 0.5) is 0 Å². The molecule has 1 fully saturated rings. The van der Waals surface area contributed by atoms with Gasteiger partial charge >= 0.3 is 0 Å². The van der Waals surface area contributed by atoms with Gasteiger partial charge in [0, 0.05) is 12.8 Å². The topological polar surface area (TPSA) is 17.1 Å². The third-order valence-corrected chi connectivity index (χ3v) is 2.50. The van der Waals surface area contributed by atoms with Gasteiger partial charge in [-0.3, -0.25) is 4.79 Å². The summed E-state index contributed by atoms with van der Waals surface area (Å²) in [6.07, 6.45) is 5.43. The predicted molar refractivity (Wildman–Crippen MR) is 46.4 cm³/mol. The molecule has 0 heterocycles. The first-order chi connectivity index (χ1) is 5.18. The van der Waals surface area contributed by atoms with Crippen LogP contribution in [0.25, 0.3) is 0 Å². The van der Waals surface area contributed by atoms with E-state index in [4.69, 9.17) is 0 Å². The molecule has 64 valence electrons. The van der Waals surface area contributed by atoms with Crippen LogP contribution in [0.5, 0.6) is 0 Å². The lowest BCUT2D eigenvalue weighted by molar-refractivity contribution is -0.117. The highest BCUT2D eigenvalue weighted by molar-refractivity contribution is 5.80. The molecule has 1 rings (SSSR count). The number of Topliss-reactive ketones (excluding diaryl/α,β-unsaturated/α-hetero) is 1. The minimum atomic E-state index is 0.485. The fraction of sp³-hybridized carbons (Fsp3) is 0.900. The summed E-state index contributed by atoms with van der Waals surface area (Å²) < 4.78 is 0. The normalized spacial score (nSPS) is 25.0. The molecule has 1 atom stereocenters. The Morgan fingerprint density at radius 3 is 2.73 bits per heavy atom. The second-order valence-electron chi connectivity index (χ2n) is 4.12. The van der Waals surface area contributed by atoms with Crippen molar-refractivity contribution in [3.8, 4) is 0 Å². The van der Waals surface area contributed by atoms with Crippen LogP contribution in [0.2, 0.25) is 0 Å². The lowest BCUT2D eigenvalue weighted by Gasteiger charge is -2.08. The van der Waals surface area contributed by atoms with E-state index in [9.17, 15) is 4.79 Å². The molecule has 1 heteroatoms.